The van der Waals surface area contributed by atoms with Crippen LogP contribution in [0.5, 0.6) is 0 Å². The Kier molecular flexibility index (Phi) is 4.45. The Morgan fingerprint density at radius 1 is 1.43 bits per heavy atom. The van der Waals surface area contributed by atoms with Crippen molar-refractivity contribution in [2.75, 3.05) is 0 Å². The smallest absolute Gasteiger partial charge is 0.331 e. The van der Waals surface area contributed by atoms with Gasteiger partial charge in [-0.25, -0.2) is 4.79 Å². The first-order valence-electron chi connectivity index (χ1n) is 6.06. The minimum Gasteiger partial charge on any atom is -0.456 e. The van der Waals surface area contributed by atoms with Gasteiger partial charge in [0, 0.05) is 24.3 Å². The Balaban J connectivity index is 1.88. The molecule has 1 aromatic heterocycles. The molecule has 0 atom stereocenters. The van der Waals surface area contributed by atoms with Gasteiger partial charge in [-0.15, -0.1) is 0 Å². The topological polar surface area (TPSA) is 95.5 Å². The monoisotopic (exact) mass is 288 g/mol. The molecule has 2 rings (SSSR count). The molecule has 21 heavy (non-hydrogen) atoms. The molecule has 0 fully saturated rings. The number of aromatic nitrogens is 1. The van der Waals surface area contributed by atoms with Crippen LogP contribution in [0.3, 0.4) is 0 Å². The molecule has 0 radical (unpaired) electrons. The van der Waals surface area contributed by atoms with Crippen molar-refractivity contribution in [1.82, 2.24) is 5.16 Å². The molecule has 2 aromatic rings. The van der Waals surface area contributed by atoms with Gasteiger partial charge in [0.05, 0.1) is 4.92 Å². The number of non-ortho nitro benzene ring substituents is 1. The van der Waals surface area contributed by atoms with Crippen molar-refractivity contribution in [3.63, 3.8) is 0 Å². The van der Waals surface area contributed by atoms with Crippen molar-refractivity contribution in [2.24, 2.45) is 0 Å². The maximum absolute atomic E-state index is 11.5. The van der Waals surface area contributed by atoms with E-state index in [4.69, 9.17) is 9.26 Å². The van der Waals surface area contributed by atoms with Crippen molar-refractivity contribution >= 4 is 17.7 Å². The predicted molar refractivity (Wildman–Crippen MR) is 73.2 cm³/mol. The Labute approximate surface area is 120 Å². The van der Waals surface area contributed by atoms with E-state index < -0.39 is 10.9 Å². The third-order valence-electron chi connectivity index (χ3n) is 2.55. The fourth-order valence-electron chi connectivity index (χ4n) is 1.55. The van der Waals surface area contributed by atoms with Crippen LogP contribution in [0, 0.1) is 17.0 Å². The zero-order valence-electron chi connectivity index (χ0n) is 11.2. The third-order valence-corrected chi connectivity index (χ3v) is 2.55. The highest BCUT2D eigenvalue weighted by Gasteiger charge is 2.04. The van der Waals surface area contributed by atoms with Gasteiger partial charge in [0.2, 0.25) is 0 Å². The SMILES string of the molecule is Cc1cc(COC(=O)/C=C/c2ccc([N+](=O)[O-])cc2)no1. The van der Waals surface area contributed by atoms with E-state index in [1.54, 1.807) is 25.1 Å². The average Bonchev–Trinajstić information content (AvgIpc) is 2.89. The maximum atomic E-state index is 11.5. The molecule has 0 aliphatic rings. The fourth-order valence-corrected chi connectivity index (χ4v) is 1.55. The van der Waals surface area contributed by atoms with Gasteiger partial charge in [-0.3, -0.25) is 10.1 Å². The summed E-state index contributed by atoms with van der Waals surface area (Å²) in [7, 11) is 0. The second-order valence-corrected chi connectivity index (χ2v) is 4.22. The molecule has 0 unspecified atom stereocenters. The lowest BCUT2D eigenvalue weighted by Gasteiger charge is -1.97. The second kappa shape index (κ2) is 6.47. The molecule has 7 nitrogen and oxygen atoms in total. The van der Waals surface area contributed by atoms with Crippen LogP contribution in [0.4, 0.5) is 5.69 Å². The van der Waals surface area contributed by atoms with Crippen molar-refractivity contribution in [3.8, 4) is 0 Å². The molecule has 1 aromatic carbocycles. The van der Waals surface area contributed by atoms with Crippen molar-refractivity contribution in [2.45, 2.75) is 13.5 Å². The number of hydrogen-bond donors (Lipinski definition) is 0. The molecule has 108 valence electrons. The Morgan fingerprint density at radius 3 is 2.71 bits per heavy atom. The van der Waals surface area contributed by atoms with Gasteiger partial charge >= 0.3 is 5.97 Å². The molecular formula is C14H12N2O5. The first kappa shape index (κ1) is 14.4. The van der Waals surface area contributed by atoms with Gasteiger partial charge in [0.1, 0.15) is 18.1 Å². The molecule has 0 spiro atoms. The summed E-state index contributed by atoms with van der Waals surface area (Å²) in [6.45, 7) is 1.77. The van der Waals surface area contributed by atoms with Gasteiger partial charge in [-0.2, -0.15) is 0 Å². The van der Waals surface area contributed by atoms with E-state index in [1.807, 2.05) is 0 Å². The van der Waals surface area contributed by atoms with E-state index >= 15 is 0 Å². The lowest BCUT2D eigenvalue weighted by molar-refractivity contribution is -0.384. The van der Waals surface area contributed by atoms with Crippen LogP contribution in [0.2, 0.25) is 0 Å². The number of carbonyl (C=O) groups is 1. The normalized spacial score (nSPS) is 10.7. The number of nitro groups is 1. The number of rotatable bonds is 5. The molecule has 0 saturated carbocycles. The molecule has 0 saturated heterocycles. The van der Waals surface area contributed by atoms with Crippen LogP contribution in [0.1, 0.15) is 17.0 Å². The Morgan fingerprint density at radius 2 is 2.14 bits per heavy atom. The molecule has 0 aliphatic carbocycles. The number of ether oxygens (including phenoxy) is 1. The molecule has 0 aliphatic heterocycles. The van der Waals surface area contributed by atoms with E-state index in [2.05, 4.69) is 5.16 Å². The number of hydrogen-bond acceptors (Lipinski definition) is 6. The lowest BCUT2D eigenvalue weighted by Crippen LogP contribution is -2.00. The van der Waals surface area contributed by atoms with Gasteiger partial charge in [-0.05, 0) is 30.7 Å². The summed E-state index contributed by atoms with van der Waals surface area (Å²) >= 11 is 0. The largest absolute Gasteiger partial charge is 0.456 e. The Bertz CT molecular complexity index is 673. The lowest BCUT2D eigenvalue weighted by atomic mass is 10.2. The predicted octanol–water partition coefficient (Wildman–Crippen LogP) is 2.65. The molecule has 7 heteroatoms. The number of esters is 1. The maximum Gasteiger partial charge on any atom is 0.331 e. The summed E-state index contributed by atoms with van der Waals surface area (Å²) < 4.78 is 9.81. The average molecular weight is 288 g/mol. The highest BCUT2D eigenvalue weighted by atomic mass is 16.6. The first-order chi connectivity index (χ1) is 10.0. The minimum atomic E-state index is -0.533. The molecule has 1 heterocycles. The summed E-state index contributed by atoms with van der Waals surface area (Å²) in [6, 6.07) is 7.49. The number of nitro benzene ring substituents is 1. The molecule has 0 N–H and O–H groups in total. The zero-order chi connectivity index (χ0) is 15.2. The fraction of sp³-hybridized carbons (Fsp3) is 0.143. The van der Waals surface area contributed by atoms with Crippen molar-refractivity contribution in [3.05, 3.63) is 63.5 Å². The Hall–Kier alpha value is -2.96. The summed E-state index contributed by atoms with van der Waals surface area (Å²) in [5, 5.41) is 14.2. The summed E-state index contributed by atoms with van der Waals surface area (Å²) in [5.41, 5.74) is 1.19. The van der Waals surface area contributed by atoms with Gasteiger partial charge in [-0.1, -0.05) is 5.16 Å². The van der Waals surface area contributed by atoms with E-state index in [0.29, 0.717) is 17.0 Å². The molecular weight excluding hydrogens is 276 g/mol. The van der Waals surface area contributed by atoms with E-state index in [9.17, 15) is 14.9 Å². The first-order valence-corrected chi connectivity index (χ1v) is 6.06. The van der Waals surface area contributed by atoms with Crippen LogP contribution in [0.25, 0.3) is 6.08 Å². The van der Waals surface area contributed by atoms with Crippen LogP contribution in [-0.2, 0) is 16.1 Å². The van der Waals surface area contributed by atoms with Crippen LogP contribution >= 0.6 is 0 Å². The summed E-state index contributed by atoms with van der Waals surface area (Å²) in [6.07, 6.45) is 2.76. The standard InChI is InChI=1S/C14H12N2O5/c1-10-8-12(15-21-10)9-20-14(17)7-4-11-2-5-13(6-3-11)16(18)19/h2-8H,9H2,1H3/b7-4+. The number of nitrogens with zero attached hydrogens (tertiary/aromatic N) is 2. The highest BCUT2D eigenvalue weighted by molar-refractivity contribution is 5.87. The summed E-state index contributed by atoms with van der Waals surface area (Å²) in [4.78, 5) is 21.5. The quantitative estimate of drug-likeness (QED) is 0.363. The van der Waals surface area contributed by atoms with Gasteiger partial charge in [0.15, 0.2) is 0 Å². The number of carbonyl (C=O) groups excluding carboxylic acids is 1. The van der Waals surface area contributed by atoms with Crippen molar-refractivity contribution < 1.29 is 19.0 Å². The number of aryl methyl sites for hydroxylation is 1. The highest BCUT2D eigenvalue weighted by Crippen LogP contribution is 2.13. The van der Waals surface area contributed by atoms with E-state index in [0.717, 1.165) is 0 Å². The number of benzene rings is 1. The minimum absolute atomic E-state index is 0.00358. The third kappa shape index (κ3) is 4.27. The second-order valence-electron chi connectivity index (χ2n) is 4.22. The van der Waals surface area contributed by atoms with Crippen LogP contribution < -0.4 is 0 Å². The zero-order valence-corrected chi connectivity index (χ0v) is 11.2. The van der Waals surface area contributed by atoms with Gasteiger partial charge < -0.3 is 9.26 Å². The van der Waals surface area contributed by atoms with Gasteiger partial charge in [0.25, 0.3) is 5.69 Å². The molecule has 0 bridgehead atoms. The van der Waals surface area contributed by atoms with E-state index in [1.165, 1.54) is 24.3 Å². The van der Waals surface area contributed by atoms with Crippen molar-refractivity contribution in [1.29, 1.82) is 0 Å². The van der Waals surface area contributed by atoms with E-state index in [-0.39, 0.29) is 12.3 Å². The van der Waals surface area contributed by atoms with Crippen LogP contribution in [0.15, 0.2) is 40.9 Å². The van der Waals surface area contributed by atoms with Crippen LogP contribution in [-0.4, -0.2) is 16.0 Å². The molecule has 0 amide bonds. The summed E-state index contributed by atoms with van der Waals surface area (Å²) in [5.74, 6) is 0.108.